The Balaban J connectivity index is 1.96. The Kier molecular flexibility index (Phi) is 9.29. The fraction of sp³-hybridized carbons (Fsp3) is 0.310. The lowest BCUT2D eigenvalue weighted by Gasteiger charge is -2.32. The molecule has 1 atom stereocenters. The molecule has 3 rings (SSSR count). The maximum absolute atomic E-state index is 13.7. The van der Waals surface area contributed by atoms with E-state index in [0.29, 0.717) is 24.5 Å². The molecule has 0 radical (unpaired) electrons. The Hall–Kier alpha value is -3.11. The van der Waals surface area contributed by atoms with E-state index in [1.165, 1.54) is 0 Å². The Morgan fingerprint density at radius 2 is 1.53 bits per heavy atom. The molecule has 34 heavy (non-hydrogen) atoms. The number of carbonyl (C=O) groups is 2. The van der Waals surface area contributed by atoms with Crippen LogP contribution < -0.4 is 5.32 Å². The van der Waals surface area contributed by atoms with E-state index in [1.54, 1.807) is 4.90 Å². The van der Waals surface area contributed by atoms with Gasteiger partial charge in [-0.1, -0.05) is 90.3 Å². The van der Waals surface area contributed by atoms with Gasteiger partial charge in [-0.3, -0.25) is 9.59 Å². The highest BCUT2D eigenvalue weighted by molar-refractivity contribution is 6.30. The van der Waals surface area contributed by atoms with E-state index in [1.807, 2.05) is 87.5 Å². The molecule has 0 saturated carbocycles. The lowest BCUT2D eigenvalue weighted by molar-refractivity contribution is -0.140. The van der Waals surface area contributed by atoms with Crippen molar-refractivity contribution < 1.29 is 9.59 Å². The highest BCUT2D eigenvalue weighted by Crippen LogP contribution is 2.19. The average molecular weight is 477 g/mol. The fourth-order valence-corrected chi connectivity index (χ4v) is 4.28. The minimum absolute atomic E-state index is 0.0764. The van der Waals surface area contributed by atoms with Gasteiger partial charge in [-0.25, -0.2) is 0 Å². The molecular weight excluding hydrogens is 444 g/mol. The largest absolute Gasteiger partial charge is 0.354 e. The van der Waals surface area contributed by atoms with E-state index in [-0.39, 0.29) is 18.2 Å². The predicted octanol–water partition coefficient (Wildman–Crippen LogP) is 5.67. The summed E-state index contributed by atoms with van der Waals surface area (Å²) in [4.78, 5) is 28.8. The molecule has 2 amide bonds. The van der Waals surface area contributed by atoms with Crippen LogP contribution in [0.25, 0.3) is 0 Å². The van der Waals surface area contributed by atoms with Gasteiger partial charge in [0.2, 0.25) is 11.8 Å². The van der Waals surface area contributed by atoms with Crippen molar-refractivity contribution in [1.82, 2.24) is 10.2 Å². The highest BCUT2D eigenvalue weighted by Gasteiger charge is 2.30. The standard InChI is InChI=1S/C29H33ClN2O2/c1-4-14-31-29(34)27(18-23-8-6-5-7-9-23)32(20-24-10-12-26(30)13-11-24)28(33)19-25-16-21(2)15-22(3)17-25/h5-13,15-17,27H,4,14,18-20H2,1-3H3,(H,31,34)/t27-/m1/s1. The third kappa shape index (κ3) is 7.46. The van der Waals surface area contributed by atoms with Crippen LogP contribution in [0.1, 0.15) is 41.2 Å². The average Bonchev–Trinajstić information content (AvgIpc) is 2.81. The zero-order valence-corrected chi connectivity index (χ0v) is 20.9. The maximum Gasteiger partial charge on any atom is 0.243 e. The van der Waals surface area contributed by atoms with Gasteiger partial charge in [0.25, 0.3) is 0 Å². The van der Waals surface area contributed by atoms with Crippen LogP contribution in [0.5, 0.6) is 0 Å². The molecule has 0 spiro atoms. The van der Waals surface area contributed by atoms with Crippen molar-refractivity contribution in [2.24, 2.45) is 0 Å². The molecule has 0 aliphatic carbocycles. The molecule has 3 aromatic rings. The molecule has 1 N–H and O–H groups in total. The Morgan fingerprint density at radius 1 is 0.882 bits per heavy atom. The van der Waals surface area contributed by atoms with Crippen LogP contribution in [0.4, 0.5) is 0 Å². The van der Waals surface area contributed by atoms with Crippen LogP contribution >= 0.6 is 11.6 Å². The number of hydrogen-bond donors (Lipinski definition) is 1. The second-order valence-corrected chi connectivity index (χ2v) is 9.25. The van der Waals surface area contributed by atoms with E-state index in [4.69, 9.17) is 11.6 Å². The third-order valence-corrected chi connectivity index (χ3v) is 5.98. The van der Waals surface area contributed by atoms with Gasteiger partial charge in [-0.15, -0.1) is 0 Å². The van der Waals surface area contributed by atoms with Crippen molar-refractivity contribution in [2.75, 3.05) is 6.54 Å². The zero-order valence-electron chi connectivity index (χ0n) is 20.2. The van der Waals surface area contributed by atoms with Gasteiger partial charge in [0, 0.05) is 24.5 Å². The summed E-state index contributed by atoms with van der Waals surface area (Å²) in [5.74, 6) is -0.207. The van der Waals surface area contributed by atoms with E-state index in [0.717, 1.165) is 34.2 Å². The predicted molar refractivity (Wildman–Crippen MR) is 139 cm³/mol. The lowest BCUT2D eigenvalue weighted by atomic mass is 10.0. The van der Waals surface area contributed by atoms with Gasteiger partial charge in [0.05, 0.1) is 6.42 Å². The van der Waals surface area contributed by atoms with Crippen LogP contribution in [0.2, 0.25) is 5.02 Å². The number of benzene rings is 3. The first kappa shape index (κ1) is 25.5. The SMILES string of the molecule is CCCNC(=O)[C@@H](Cc1ccccc1)N(Cc1ccc(Cl)cc1)C(=O)Cc1cc(C)cc(C)c1. The van der Waals surface area contributed by atoms with E-state index < -0.39 is 6.04 Å². The summed E-state index contributed by atoms with van der Waals surface area (Å²) in [5.41, 5.74) is 5.14. The maximum atomic E-state index is 13.7. The van der Waals surface area contributed by atoms with Crippen LogP contribution in [-0.4, -0.2) is 29.3 Å². The Labute approximate surface area is 207 Å². The van der Waals surface area contributed by atoms with Gasteiger partial charge < -0.3 is 10.2 Å². The van der Waals surface area contributed by atoms with Crippen molar-refractivity contribution in [2.45, 2.75) is 52.6 Å². The minimum Gasteiger partial charge on any atom is -0.354 e. The number of nitrogens with one attached hydrogen (secondary N) is 1. The molecule has 5 heteroatoms. The fourth-order valence-electron chi connectivity index (χ4n) is 4.15. The number of rotatable bonds is 10. The van der Waals surface area contributed by atoms with Gasteiger partial charge in [0.1, 0.15) is 6.04 Å². The number of aryl methyl sites for hydroxylation is 2. The minimum atomic E-state index is -0.622. The Bertz CT molecular complexity index is 1080. The van der Waals surface area contributed by atoms with Crippen molar-refractivity contribution in [3.05, 3.63) is 106 Å². The summed E-state index contributed by atoms with van der Waals surface area (Å²) in [5, 5.41) is 3.65. The number of hydrogen-bond acceptors (Lipinski definition) is 2. The molecule has 3 aromatic carbocycles. The van der Waals surface area contributed by atoms with Gasteiger partial charge >= 0.3 is 0 Å². The smallest absolute Gasteiger partial charge is 0.243 e. The van der Waals surface area contributed by atoms with Gasteiger partial charge in [-0.05, 0) is 49.1 Å². The molecule has 0 unspecified atom stereocenters. The van der Waals surface area contributed by atoms with Crippen molar-refractivity contribution in [3.63, 3.8) is 0 Å². The lowest BCUT2D eigenvalue weighted by Crippen LogP contribution is -2.51. The van der Waals surface area contributed by atoms with Crippen LogP contribution in [0, 0.1) is 13.8 Å². The molecule has 0 heterocycles. The summed E-state index contributed by atoms with van der Waals surface area (Å²) in [6.45, 7) is 6.98. The summed E-state index contributed by atoms with van der Waals surface area (Å²) in [6, 6.07) is 22.8. The molecule has 0 aliphatic heterocycles. The molecule has 178 valence electrons. The summed E-state index contributed by atoms with van der Waals surface area (Å²) < 4.78 is 0. The monoisotopic (exact) mass is 476 g/mol. The molecule has 0 fully saturated rings. The van der Waals surface area contributed by atoms with Crippen molar-refractivity contribution >= 4 is 23.4 Å². The molecule has 0 aliphatic rings. The zero-order chi connectivity index (χ0) is 24.5. The van der Waals surface area contributed by atoms with Crippen LogP contribution in [0.3, 0.4) is 0 Å². The van der Waals surface area contributed by atoms with Crippen LogP contribution in [-0.2, 0) is 29.0 Å². The van der Waals surface area contributed by atoms with E-state index in [2.05, 4.69) is 11.4 Å². The number of carbonyl (C=O) groups excluding carboxylic acids is 2. The molecular formula is C29H33ClN2O2. The third-order valence-electron chi connectivity index (χ3n) is 5.72. The van der Waals surface area contributed by atoms with Gasteiger partial charge in [0.15, 0.2) is 0 Å². The second kappa shape index (κ2) is 12.4. The topological polar surface area (TPSA) is 49.4 Å². The molecule has 4 nitrogen and oxygen atoms in total. The Morgan fingerprint density at radius 3 is 2.15 bits per heavy atom. The molecule has 0 saturated heterocycles. The van der Waals surface area contributed by atoms with Gasteiger partial charge in [-0.2, -0.15) is 0 Å². The first-order valence-electron chi connectivity index (χ1n) is 11.8. The summed E-state index contributed by atoms with van der Waals surface area (Å²) >= 11 is 6.08. The number of halogens is 1. The summed E-state index contributed by atoms with van der Waals surface area (Å²) in [7, 11) is 0. The second-order valence-electron chi connectivity index (χ2n) is 8.82. The summed E-state index contributed by atoms with van der Waals surface area (Å²) in [6.07, 6.45) is 1.52. The quantitative estimate of drug-likeness (QED) is 0.410. The van der Waals surface area contributed by atoms with Crippen molar-refractivity contribution in [3.8, 4) is 0 Å². The molecule has 0 aromatic heterocycles. The number of nitrogens with zero attached hydrogens (tertiary/aromatic N) is 1. The van der Waals surface area contributed by atoms with E-state index in [9.17, 15) is 9.59 Å². The van der Waals surface area contributed by atoms with E-state index >= 15 is 0 Å². The first-order valence-corrected chi connectivity index (χ1v) is 12.2. The normalized spacial score (nSPS) is 11.6. The first-order chi connectivity index (χ1) is 16.4. The van der Waals surface area contributed by atoms with Crippen molar-refractivity contribution in [1.29, 1.82) is 0 Å². The molecule has 0 bridgehead atoms. The highest BCUT2D eigenvalue weighted by atomic mass is 35.5. The number of amides is 2. The van der Waals surface area contributed by atoms with Crippen LogP contribution in [0.15, 0.2) is 72.8 Å².